The number of carbonyl (C=O) groups excluding carboxylic acids is 2. The summed E-state index contributed by atoms with van der Waals surface area (Å²) in [5.41, 5.74) is -0.282. The second kappa shape index (κ2) is 5.01. The van der Waals surface area contributed by atoms with Crippen molar-refractivity contribution in [1.82, 2.24) is 9.38 Å². The number of hydrogen-bond donors (Lipinski definition) is 0. The number of pyridine rings is 1. The van der Waals surface area contributed by atoms with Crippen LogP contribution in [0.5, 0.6) is 0 Å². The van der Waals surface area contributed by atoms with Gasteiger partial charge in [-0.2, -0.15) is 0 Å². The lowest BCUT2D eigenvalue weighted by Gasteiger charge is -2.07. The zero-order valence-corrected chi connectivity index (χ0v) is 10.5. The second-order valence-corrected chi connectivity index (χ2v) is 3.86. The minimum atomic E-state index is -0.627. The van der Waals surface area contributed by atoms with Gasteiger partial charge in [0.05, 0.1) is 6.61 Å². The molecule has 2 aromatic rings. The Labute approximate surface area is 108 Å². The highest BCUT2D eigenvalue weighted by atomic mass is 16.5. The number of nitrogens with zero attached hydrogens (tertiary/aromatic N) is 2. The minimum Gasteiger partial charge on any atom is -0.461 e. The van der Waals surface area contributed by atoms with E-state index in [9.17, 15) is 14.4 Å². The molecule has 0 spiro atoms. The maximum absolute atomic E-state index is 12.2. The van der Waals surface area contributed by atoms with Gasteiger partial charge in [-0.15, -0.1) is 0 Å². The molecule has 0 amide bonds. The fraction of sp³-hybridized carbons (Fsp3) is 0.231. The molecule has 0 aliphatic rings. The monoisotopic (exact) mass is 260 g/mol. The number of carbonyl (C=O) groups is 2. The highest BCUT2D eigenvalue weighted by Gasteiger charge is 2.16. The molecule has 0 aliphatic carbocycles. The minimum absolute atomic E-state index is 0.0555. The molecule has 6 heteroatoms. The van der Waals surface area contributed by atoms with E-state index < -0.39 is 17.3 Å². The van der Waals surface area contributed by atoms with Gasteiger partial charge < -0.3 is 4.74 Å². The van der Waals surface area contributed by atoms with Crippen molar-refractivity contribution < 1.29 is 14.3 Å². The molecule has 0 aromatic carbocycles. The molecule has 0 N–H and O–H groups in total. The summed E-state index contributed by atoms with van der Waals surface area (Å²) in [4.78, 5) is 39.3. The van der Waals surface area contributed by atoms with Crippen LogP contribution in [0.4, 0.5) is 0 Å². The lowest BCUT2D eigenvalue weighted by molar-refractivity contribution is 0.0517. The summed E-state index contributed by atoms with van der Waals surface area (Å²) in [5.74, 6) is -1.02. The van der Waals surface area contributed by atoms with Crippen LogP contribution in [0.1, 0.15) is 34.7 Å². The molecule has 0 saturated carbocycles. The van der Waals surface area contributed by atoms with Gasteiger partial charge in [0.2, 0.25) is 0 Å². The Kier molecular flexibility index (Phi) is 3.41. The number of hydrogen-bond acceptors (Lipinski definition) is 5. The first kappa shape index (κ1) is 12.9. The van der Waals surface area contributed by atoms with Gasteiger partial charge in [0.1, 0.15) is 16.9 Å². The van der Waals surface area contributed by atoms with Crippen LogP contribution in [0.2, 0.25) is 0 Å². The summed E-state index contributed by atoms with van der Waals surface area (Å²) in [6.45, 7) is 3.15. The number of fused-ring (bicyclic) bond motifs is 1. The Morgan fingerprint density at radius 1 is 1.37 bits per heavy atom. The van der Waals surface area contributed by atoms with Crippen molar-refractivity contribution in [3.63, 3.8) is 0 Å². The molecule has 6 nitrogen and oxygen atoms in total. The SMILES string of the molecule is CCOC(=O)c1cccc2ncc(C(C)=O)c(=O)n12. The molecule has 0 fully saturated rings. The zero-order chi connectivity index (χ0) is 14.0. The smallest absolute Gasteiger partial charge is 0.355 e. The van der Waals surface area contributed by atoms with Crippen LogP contribution in [0, 0.1) is 0 Å². The second-order valence-electron chi connectivity index (χ2n) is 3.86. The third kappa shape index (κ3) is 2.24. The lowest BCUT2D eigenvalue weighted by atomic mass is 10.2. The summed E-state index contributed by atoms with van der Waals surface area (Å²) >= 11 is 0. The Morgan fingerprint density at radius 2 is 2.11 bits per heavy atom. The van der Waals surface area contributed by atoms with Gasteiger partial charge >= 0.3 is 5.97 Å². The van der Waals surface area contributed by atoms with Gasteiger partial charge in [0.25, 0.3) is 5.56 Å². The maximum atomic E-state index is 12.2. The van der Waals surface area contributed by atoms with Gasteiger partial charge in [-0.25, -0.2) is 9.78 Å². The average molecular weight is 260 g/mol. The highest BCUT2D eigenvalue weighted by molar-refractivity contribution is 5.94. The number of esters is 1. The van der Waals surface area contributed by atoms with Crippen molar-refractivity contribution in [1.29, 1.82) is 0 Å². The van der Waals surface area contributed by atoms with E-state index >= 15 is 0 Å². The molecule has 0 bridgehead atoms. The molecule has 0 radical (unpaired) electrons. The van der Waals surface area contributed by atoms with E-state index in [1.54, 1.807) is 19.1 Å². The fourth-order valence-electron chi connectivity index (χ4n) is 1.72. The Hall–Kier alpha value is -2.50. The van der Waals surface area contributed by atoms with E-state index in [4.69, 9.17) is 4.74 Å². The molecule has 0 unspecified atom stereocenters. The molecule has 0 saturated heterocycles. The van der Waals surface area contributed by atoms with Crippen molar-refractivity contribution in [3.05, 3.63) is 46.0 Å². The van der Waals surface area contributed by atoms with Crippen molar-refractivity contribution >= 4 is 17.4 Å². The van der Waals surface area contributed by atoms with E-state index in [-0.39, 0.29) is 17.9 Å². The van der Waals surface area contributed by atoms with Crippen LogP contribution >= 0.6 is 0 Å². The summed E-state index contributed by atoms with van der Waals surface area (Å²) in [7, 11) is 0. The normalized spacial score (nSPS) is 10.4. The van der Waals surface area contributed by atoms with Crippen molar-refractivity contribution in [2.75, 3.05) is 6.61 Å². The molecule has 19 heavy (non-hydrogen) atoms. The Balaban J connectivity index is 2.79. The molecule has 2 rings (SSSR count). The van der Waals surface area contributed by atoms with E-state index in [0.717, 1.165) is 4.40 Å². The van der Waals surface area contributed by atoms with Gasteiger partial charge in [0, 0.05) is 6.20 Å². The zero-order valence-electron chi connectivity index (χ0n) is 10.5. The third-order valence-corrected chi connectivity index (χ3v) is 2.59. The summed E-state index contributed by atoms with van der Waals surface area (Å²) in [6.07, 6.45) is 1.22. The van der Waals surface area contributed by atoms with Crippen LogP contribution in [0.15, 0.2) is 29.2 Å². The van der Waals surface area contributed by atoms with Crippen LogP contribution < -0.4 is 5.56 Å². The van der Waals surface area contributed by atoms with Gasteiger partial charge in [-0.3, -0.25) is 14.0 Å². The molecular formula is C13H12N2O4. The topological polar surface area (TPSA) is 77.7 Å². The molecule has 2 aromatic heterocycles. The first-order chi connectivity index (χ1) is 9.06. The third-order valence-electron chi connectivity index (χ3n) is 2.59. The molecule has 0 aliphatic heterocycles. The first-order valence-corrected chi connectivity index (χ1v) is 5.75. The number of ketones is 1. The molecule has 98 valence electrons. The summed E-state index contributed by atoms with van der Waals surface area (Å²) in [6, 6.07) is 4.63. The van der Waals surface area contributed by atoms with Crippen LogP contribution in [0.3, 0.4) is 0 Å². The van der Waals surface area contributed by atoms with Gasteiger partial charge in [-0.1, -0.05) is 6.07 Å². The van der Waals surface area contributed by atoms with E-state index in [1.165, 1.54) is 19.2 Å². The predicted molar refractivity (Wildman–Crippen MR) is 67.4 cm³/mol. The Bertz CT molecular complexity index is 718. The van der Waals surface area contributed by atoms with Crippen LogP contribution in [-0.2, 0) is 4.74 Å². The lowest BCUT2D eigenvalue weighted by Crippen LogP contribution is -2.26. The maximum Gasteiger partial charge on any atom is 0.355 e. The molecule has 2 heterocycles. The highest BCUT2D eigenvalue weighted by Crippen LogP contribution is 2.06. The number of aromatic nitrogens is 2. The predicted octanol–water partition coefficient (Wildman–Crippen LogP) is 1.07. The first-order valence-electron chi connectivity index (χ1n) is 5.75. The fourth-order valence-corrected chi connectivity index (χ4v) is 1.72. The number of Topliss-reactive ketones (excluding diaryl/α,β-unsaturated/α-hetero) is 1. The van der Waals surface area contributed by atoms with E-state index in [0.29, 0.717) is 5.65 Å². The Morgan fingerprint density at radius 3 is 2.74 bits per heavy atom. The largest absolute Gasteiger partial charge is 0.461 e. The van der Waals surface area contributed by atoms with Crippen molar-refractivity contribution in [3.8, 4) is 0 Å². The summed E-state index contributed by atoms with van der Waals surface area (Å²) < 4.78 is 5.97. The average Bonchev–Trinajstić information content (AvgIpc) is 2.38. The van der Waals surface area contributed by atoms with E-state index in [1.807, 2.05) is 0 Å². The van der Waals surface area contributed by atoms with E-state index in [2.05, 4.69) is 4.98 Å². The van der Waals surface area contributed by atoms with Gasteiger partial charge in [-0.05, 0) is 26.0 Å². The van der Waals surface area contributed by atoms with Crippen LogP contribution in [0.25, 0.3) is 5.65 Å². The van der Waals surface area contributed by atoms with Crippen molar-refractivity contribution in [2.45, 2.75) is 13.8 Å². The van der Waals surface area contributed by atoms with Gasteiger partial charge in [0.15, 0.2) is 5.78 Å². The summed E-state index contributed by atoms with van der Waals surface area (Å²) in [5, 5.41) is 0. The number of rotatable bonds is 3. The molecular weight excluding hydrogens is 248 g/mol. The quantitative estimate of drug-likeness (QED) is 0.609. The molecule has 0 atom stereocenters. The van der Waals surface area contributed by atoms with Crippen molar-refractivity contribution in [2.24, 2.45) is 0 Å². The standard InChI is InChI=1S/C13H12N2O4/c1-3-19-13(18)10-5-4-6-11-14-7-9(8(2)16)12(17)15(10)11/h4-7H,3H2,1-2H3. The van der Waals surface area contributed by atoms with Crippen LogP contribution in [-0.4, -0.2) is 27.7 Å². The number of ether oxygens (including phenoxy) is 1.